The van der Waals surface area contributed by atoms with Gasteiger partial charge in [-0.05, 0) is 114 Å². The van der Waals surface area contributed by atoms with Crippen LogP contribution in [0.25, 0.3) is 33.3 Å². The van der Waals surface area contributed by atoms with E-state index in [9.17, 15) is 14.7 Å². The van der Waals surface area contributed by atoms with Crippen molar-refractivity contribution in [3.63, 3.8) is 0 Å². The van der Waals surface area contributed by atoms with Gasteiger partial charge in [-0.15, -0.1) is 0 Å². The Morgan fingerprint density at radius 2 is 1.63 bits per heavy atom. The number of ether oxygens (including phenoxy) is 1. The number of hydrogen-bond acceptors (Lipinski definition) is 3. The minimum atomic E-state index is -0.915. The third kappa shape index (κ3) is 5.78. The number of anilines is 1. The highest BCUT2D eigenvalue weighted by Crippen LogP contribution is 2.44. The van der Waals surface area contributed by atoms with E-state index in [0.717, 1.165) is 76.1 Å². The summed E-state index contributed by atoms with van der Waals surface area (Å²) >= 11 is 6.18. The van der Waals surface area contributed by atoms with E-state index in [1.165, 1.54) is 24.8 Å². The molecule has 2 fully saturated rings. The summed E-state index contributed by atoms with van der Waals surface area (Å²) in [4.78, 5) is 26.2. The molecule has 1 N–H and O–H groups in total. The van der Waals surface area contributed by atoms with Gasteiger partial charge in [0, 0.05) is 41.6 Å². The number of aryl methyl sites for hydroxylation is 1. The van der Waals surface area contributed by atoms with E-state index < -0.39 is 5.97 Å². The maximum absolute atomic E-state index is 12.5. The predicted octanol–water partition coefficient (Wildman–Crippen LogP) is 9.62. The number of fused-ring (bicyclic) bond motifs is 1. The Hall–Kier alpha value is -4.55. The average Bonchev–Trinajstić information content (AvgIpc) is 3.64. The van der Waals surface area contributed by atoms with Crippen LogP contribution in [0.3, 0.4) is 0 Å². The van der Waals surface area contributed by atoms with Crippen LogP contribution in [0.1, 0.15) is 72.3 Å². The van der Waals surface area contributed by atoms with Crippen molar-refractivity contribution < 1.29 is 19.4 Å². The molecule has 1 amide bonds. The number of aromatic carboxylic acids is 1. The van der Waals surface area contributed by atoms with Crippen LogP contribution in [0.2, 0.25) is 5.02 Å². The normalized spacial score (nSPS) is 15.5. The lowest BCUT2D eigenvalue weighted by Gasteiger charge is -2.23. The molecule has 1 saturated heterocycles. The molecule has 2 heterocycles. The summed E-state index contributed by atoms with van der Waals surface area (Å²) in [6, 6.07) is 27.7. The van der Waals surface area contributed by atoms with Gasteiger partial charge in [-0.25, -0.2) is 4.79 Å². The first-order valence-electron chi connectivity index (χ1n) is 16.2. The number of amides is 1. The van der Waals surface area contributed by atoms with Crippen molar-refractivity contribution in [2.45, 2.75) is 57.5 Å². The highest BCUT2D eigenvalue weighted by Gasteiger charge is 2.26. The maximum atomic E-state index is 12.5. The SMILES string of the molecule is Cn1c(-c2ccc(OCc3cc(N4CCCC4=O)ccc3-c3ccc(Cl)cc3)cc2)c(C2CCCCC2)c2ccc(C(=O)O)cc21. The number of carbonyl (C=O) groups is 2. The Morgan fingerprint density at radius 1 is 0.891 bits per heavy atom. The van der Waals surface area contributed by atoms with Crippen LogP contribution in [0.15, 0.2) is 84.9 Å². The van der Waals surface area contributed by atoms with Crippen molar-refractivity contribution in [1.29, 1.82) is 0 Å². The van der Waals surface area contributed by atoms with Crippen molar-refractivity contribution in [3.05, 3.63) is 107 Å². The minimum Gasteiger partial charge on any atom is -0.489 e. The van der Waals surface area contributed by atoms with Gasteiger partial charge in [0.2, 0.25) is 5.91 Å². The molecule has 46 heavy (non-hydrogen) atoms. The van der Waals surface area contributed by atoms with Gasteiger partial charge >= 0.3 is 5.97 Å². The lowest BCUT2D eigenvalue weighted by atomic mass is 9.82. The Labute approximate surface area is 274 Å². The Kier molecular flexibility index (Phi) is 8.31. The Bertz CT molecular complexity index is 1920. The van der Waals surface area contributed by atoms with E-state index in [-0.39, 0.29) is 5.91 Å². The number of hydrogen-bond donors (Lipinski definition) is 1. The number of carbonyl (C=O) groups excluding carboxylic acids is 1. The summed E-state index contributed by atoms with van der Waals surface area (Å²) in [6.45, 7) is 1.07. The number of rotatable bonds is 8. The van der Waals surface area contributed by atoms with E-state index >= 15 is 0 Å². The molecule has 1 aromatic heterocycles. The number of halogens is 1. The Balaban J connectivity index is 1.20. The zero-order chi connectivity index (χ0) is 31.8. The molecule has 4 aromatic carbocycles. The highest BCUT2D eigenvalue weighted by molar-refractivity contribution is 6.30. The smallest absolute Gasteiger partial charge is 0.335 e. The van der Waals surface area contributed by atoms with E-state index in [2.05, 4.69) is 28.8 Å². The summed E-state index contributed by atoms with van der Waals surface area (Å²) < 4.78 is 8.55. The van der Waals surface area contributed by atoms with Gasteiger partial charge in [0.05, 0.1) is 11.3 Å². The van der Waals surface area contributed by atoms with E-state index in [1.54, 1.807) is 12.1 Å². The third-order valence-electron chi connectivity index (χ3n) is 9.65. The van der Waals surface area contributed by atoms with Crippen LogP contribution in [0.5, 0.6) is 5.75 Å². The molecule has 7 heteroatoms. The van der Waals surface area contributed by atoms with Crippen LogP contribution in [-0.4, -0.2) is 28.1 Å². The van der Waals surface area contributed by atoms with Crippen molar-refractivity contribution in [1.82, 2.24) is 4.57 Å². The third-order valence-corrected chi connectivity index (χ3v) is 9.90. The quantitative estimate of drug-likeness (QED) is 0.185. The van der Waals surface area contributed by atoms with Gasteiger partial charge in [-0.1, -0.05) is 55.1 Å². The maximum Gasteiger partial charge on any atom is 0.335 e. The fourth-order valence-corrected chi connectivity index (χ4v) is 7.45. The van der Waals surface area contributed by atoms with Crippen molar-refractivity contribution >= 4 is 40.1 Å². The number of aromatic nitrogens is 1. The fraction of sp³-hybridized carbons (Fsp3) is 0.282. The summed E-state index contributed by atoms with van der Waals surface area (Å²) in [5.41, 5.74) is 8.76. The fourth-order valence-electron chi connectivity index (χ4n) is 7.32. The van der Waals surface area contributed by atoms with Gasteiger partial charge in [-0.3, -0.25) is 4.79 Å². The van der Waals surface area contributed by atoms with Gasteiger partial charge < -0.3 is 19.3 Å². The summed E-state index contributed by atoms with van der Waals surface area (Å²) in [7, 11) is 2.04. The number of benzene rings is 4. The molecule has 2 aliphatic rings. The average molecular weight is 633 g/mol. The van der Waals surface area contributed by atoms with E-state index in [0.29, 0.717) is 29.5 Å². The van der Waals surface area contributed by atoms with Crippen LogP contribution < -0.4 is 9.64 Å². The van der Waals surface area contributed by atoms with Crippen molar-refractivity contribution in [2.75, 3.05) is 11.4 Å². The molecule has 7 rings (SSSR count). The second-order valence-corrected chi connectivity index (χ2v) is 12.9. The molecule has 1 aliphatic carbocycles. The molecule has 6 nitrogen and oxygen atoms in total. The topological polar surface area (TPSA) is 71.8 Å². The number of carboxylic acid groups (broad SMARTS) is 1. The van der Waals surface area contributed by atoms with Gasteiger partial charge in [0.15, 0.2) is 0 Å². The lowest BCUT2D eigenvalue weighted by Crippen LogP contribution is -2.23. The molecule has 1 aliphatic heterocycles. The van der Waals surface area contributed by atoms with Gasteiger partial charge in [0.1, 0.15) is 12.4 Å². The predicted molar refractivity (Wildman–Crippen MR) is 184 cm³/mol. The van der Waals surface area contributed by atoms with Crippen molar-refractivity contribution in [3.8, 4) is 28.1 Å². The molecule has 5 aromatic rings. The first-order valence-corrected chi connectivity index (χ1v) is 16.5. The van der Waals surface area contributed by atoms with Gasteiger partial charge in [-0.2, -0.15) is 0 Å². The number of carboxylic acids is 1. The zero-order valence-electron chi connectivity index (χ0n) is 26.0. The molecule has 0 bridgehead atoms. The van der Waals surface area contributed by atoms with Crippen molar-refractivity contribution in [2.24, 2.45) is 7.05 Å². The second-order valence-electron chi connectivity index (χ2n) is 12.5. The van der Waals surface area contributed by atoms with E-state index in [4.69, 9.17) is 16.3 Å². The largest absolute Gasteiger partial charge is 0.489 e. The van der Waals surface area contributed by atoms with Crippen LogP contribution in [-0.2, 0) is 18.4 Å². The van der Waals surface area contributed by atoms with Gasteiger partial charge in [0.25, 0.3) is 0 Å². The second kappa shape index (κ2) is 12.7. The summed E-state index contributed by atoms with van der Waals surface area (Å²) in [5, 5.41) is 11.5. The zero-order valence-corrected chi connectivity index (χ0v) is 26.7. The molecule has 0 atom stereocenters. The first kappa shape index (κ1) is 30.1. The molecule has 1 saturated carbocycles. The molecule has 234 valence electrons. The molecular weight excluding hydrogens is 596 g/mol. The molecule has 0 spiro atoms. The monoisotopic (exact) mass is 632 g/mol. The number of nitrogens with zero attached hydrogens (tertiary/aromatic N) is 2. The van der Waals surface area contributed by atoms with E-state index in [1.807, 2.05) is 60.5 Å². The Morgan fingerprint density at radius 3 is 2.33 bits per heavy atom. The molecular formula is C39H37ClN2O4. The molecule has 0 radical (unpaired) electrons. The summed E-state index contributed by atoms with van der Waals surface area (Å²) in [5.74, 6) is 0.434. The highest BCUT2D eigenvalue weighted by atomic mass is 35.5. The van der Waals surface area contributed by atoms with Crippen LogP contribution in [0, 0.1) is 0 Å². The first-order chi connectivity index (χ1) is 22.4. The van der Waals surface area contributed by atoms with Crippen LogP contribution in [0.4, 0.5) is 5.69 Å². The lowest BCUT2D eigenvalue weighted by molar-refractivity contribution is -0.117. The van der Waals surface area contributed by atoms with Crippen LogP contribution >= 0.6 is 11.6 Å². The standard InChI is InChI=1S/C39H37ClN2O4/c1-41-35-23-28(39(44)45)13-19-34(35)37(26-6-3-2-4-7-26)38(41)27-11-17-32(18-12-27)46-24-29-22-31(42-21-5-8-36(42)43)16-20-33(29)25-9-14-30(40)15-10-25/h9-20,22-23,26H,2-8,21,24H2,1H3,(H,44,45). The minimum absolute atomic E-state index is 0.154. The molecule has 0 unspecified atom stereocenters. The summed E-state index contributed by atoms with van der Waals surface area (Å²) in [6.07, 6.45) is 7.44.